The van der Waals surface area contributed by atoms with Crippen LogP contribution in [0.2, 0.25) is 5.02 Å². The molecule has 1 amide bonds. The molecule has 36 heavy (non-hydrogen) atoms. The van der Waals surface area contributed by atoms with Gasteiger partial charge in [-0.05, 0) is 67.1 Å². The number of likely N-dealkylation sites (tertiary alicyclic amines) is 1. The molecule has 0 spiro atoms. The maximum absolute atomic E-state index is 13.3. The summed E-state index contributed by atoms with van der Waals surface area (Å²) < 4.78 is 24.5. The first-order valence-electron chi connectivity index (χ1n) is 11.8. The molecule has 1 fully saturated rings. The van der Waals surface area contributed by atoms with Crippen LogP contribution in [-0.2, 0) is 11.2 Å². The number of halogens is 2. The van der Waals surface area contributed by atoms with Gasteiger partial charge in [0.25, 0.3) is 5.91 Å². The van der Waals surface area contributed by atoms with Gasteiger partial charge in [-0.25, -0.2) is 4.39 Å². The smallest absolute Gasteiger partial charge is 0.262 e. The fourth-order valence-corrected chi connectivity index (χ4v) is 4.79. The van der Waals surface area contributed by atoms with E-state index in [2.05, 4.69) is 34.5 Å². The molecule has 0 saturated carbocycles. The zero-order valence-corrected chi connectivity index (χ0v) is 21.6. The molecule has 0 atom stereocenters. The summed E-state index contributed by atoms with van der Waals surface area (Å²) in [5.74, 6) is 0.626. The lowest BCUT2D eigenvalue weighted by molar-refractivity contribution is -0.118. The SMILES string of the molecule is COc1cc(C(=S)N2CCC(Cc3ccccc3)CC2)ccc1OCC(=O)Nc1ccc(F)c(Cl)c1. The molecule has 1 N–H and O–H groups in total. The number of hydrogen-bond donors (Lipinski definition) is 1. The lowest BCUT2D eigenvalue weighted by Gasteiger charge is -2.34. The summed E-state index contributed by atoms with van der Waals surface area (Å²) in [6.45, 7) is 1.60. The Morgan fingerprint density at radius 2 is 1.83 bits per heavy atom. The number of amides is 1. The van der Waals surface area contributed by atoms with Crippen molar-refractivity contribution in [2.75, 3.05) is 32.1 Å². The number of benzene rings is 3. The first-order valence-corrected chi connectivity index (χ1v) is 12.6. The van der Waals surface area contributed by atoms with E-state index in [1.165, 1.54) is 23.8 Å². The van der Waals surface area contributed by atoms with Gasteiger partial charge in [0.05, 0.1) is 12.1 Å². The average Bonchev–Trinajstić information content (AvgIpc) is 2.90. The molecular formula is C28H28ClFN2O3S. The maximum Gasteiger partial charge on any atom is 0.262 e. The summed E-state index contributed by atoms with van der Waals surface area (Å²) in [7, 11) is 1.55. The van der Waals surface area contributed by atoms with Crippen LogP contribution in [0, 0.1) is 11.7 Å². The Morgan fingerprint density at radius 3 is 2.53 bits per heavy atom. The van der Waals surface area contributed by atoms with Crippen molar-refractivity contribution in [1.29, 1.82) is 0 Å². The molecule has 0 aromatic heterocycles. The van der Waals surface area contributed by atoms with Crippen LogP contribution in [0.4, 0.5) is 10.1 Å². The largest absolute Gasteiger partial charge is 0.493 e. The van der Waals surface area contributed by atoms with Crippen LogP contribution in [0.25, 0.3) is 0 Å². The molecule has 0 aliphatic carbocycles. The highest BCUT2D eigenvalue weighted by atomic mass is 35.5. The summed E-state index contributed by atoms with van der Waals surface area (Å²) in [6, 6.07) is 20.1. The standard InChI is InChI=1S/C28H28ClFN2O3S/c1-34-26-16-21(28(36)32-13-11-20(12-14-32)15-19-5-3-2-4-6-19)7-10-25(26)35-18-27(33)31-22-8-9-24(30)23(29)17-22/h2-10,16-17,20H,11-15,18H2,1H3,(H,31,33). The zero-order chi connectivity index (χ0) is 25.5. The average molecular weight is 527 g/mol. The molecule has 1 heterocycles. The number of thiocarbonyl (C=S) groups is 1. The fraction of sp³-hybridized carbons (Fsp3) is 0.286. The van der Waals surface area contributed by atoms with E-state index in [0.717, 1.165) is 42.9 Å². The minimum atomic E-state index is -0.551. The third-order valence-corrected chi connectivity index (χ3v) is 7.03. The summed E-state index contributed by atoms with van der Waals surface area (Å²) in [4.78, 5) is 15.3. The first kappa shape index (κ1) is 25.9. The van der Waals surface area contributed by atoms with Gasteiger partial charge in [-0.1, -0.05) is 54.2 Å². The second-order valence-corrected chi connectivity index (χ2v) is 9.55. The molecule has 4 rings (SSSR count). The maximum atomic E-state index is 13.3. The van der Waals surface area contributed by atoms with Crippen molar-refractivity contribution in [3.05, 3.63) is 88.7 Å². The third kappa shape index (κ3) is 6.74. The Balaban J connectivity index is 1.31. The number of anilines is 1. The van der Waals surface area contributed by atoms with Crippen LogP contribution < -0.4 is 14.8 Å². The third-order valence-electron chi connectivity index (χ3n) is 6.24. The molecule has 8 heteroatoms. The highest BCUT2D eigenvalue weighted by molar-refractivity contribution is 7.80. The number of rotatable bonds is 8. The summed E-state index contributed by atoms with van der Waals surface area (Å²) >= 11 is 11.5. The van der Waals surface area contributed by atoms with Gasteiger partial charge < -0.3 is 19.7 Å². The molecule has 3 aromatic carbocycles. The molecule has 5 nitrogen and oxygen atoms in total. The van der Waals surface area contributed by atoms with E-state index in [1.807, 2.05) is 18.2 Å². The van der Waals surface area contributed by atoms with Gasteiger partial charge in [-0.2, -0.15) is 0 Å². The van der Waals surface area contributed by atoms with Gasteiger partial charge in [-0.15, -0.1) is 0 Å². The second kappa shape index (κ2) is 12.2. The van der Waals surface area contributed by atoms with Crippen molar-refractivity contribution in [1.82, 2.24) is 4.90 Å². The number of carbonyl (C=O) groups excluding carboxylic acids is 1. The van der Waals surface area contributed by atoms with E-state index in [-0.39, 0.29) is 11.6 Å². The molecular weight excluding hydrogens is 499 g/mol. The Morgan fingerprint density at radius 1 is 1.08 bits per heavy atom. The number of nitrogens with zero attached hydrogens (tertiary/aromatic N) is 1. The minimum absolute atomic E-state index is 0.0673. The topological polar surface area (TPSA) is 50.8 Å². The minimum Gasteiger partial charge on any atom is -0.493 e. The number of nitrogens with one attached hydrogen (secondary N) is 1. The molecule has 3 aromatic rings. The number of carbonyl (C=O) groups is 1. The van der Waals surface area contributed by atoms with Gasteiger partial charge >= 0.3 is 0 Å². The highest BCUT2D eigenvalue weighted by Crippen LogP contribution is 2.30. The molecule has 188 valence electrons. The molecule has 1 aliphatic rings. The van der Waals surface area contributed by atoms with E-state index in [0.29, 0.717) is 23.1 Å². The lowest BCUT2D eigenvalue weighted by Crippen LogP contribution is -2.38. The molecule has 1 aliphatic heterocycles. The molecule has 0 radical (unpaired) electrons. The van der Waals surface area contributed by atoms with Crippen LogP contribution in [-0.4, -0.2) is 42.6 Å². The van der Waals surface area contributed by atoms with Crippen molar-refractivity contribution in [2.45, 2.75) is 19.3 Å². The van der Waals surface area contributed by atoms with Gasteiger partial charge in [0.1, 0.15) is 10.8 Å². The van der Waals surface area contributed by atoms with E-state index < -0.39 is 11.7 Å². The Bertz CT molecular complexity index is 1220. The zero-order valence-electron chi connectivity index (χ0n) is 20.0. The number of ether oxygens (including phenoxy) is 2. The summed E-state index contributed by atoms with van der Waals surface area (Å²) in [6.07, 6.45) is 3.30. The van der Waals surface area contributed by atoms with E-state index in [9.17, 15) is 9.18 Å². The Labute approximate surface area is 221 Å². The normalized spacial score (nSPS) is 13.8. The number of piperidine rings is 1. The van der Waals surface area contributed by atoms with Crippen LogP contribution in [0.15, 0.2) is 66.7 Å². The van der Waals surface area contributed by atoms with Gasteiger partial charge in [0, 0.05) is 24.3 Å². The molecule has 0 bridgehead atoms. The van der Waals surface area contributed by atoms with Crippen LogP contribution >= 0.6 is 23.8 Å². The Hall–Kier alpha value is -3.16. The van der Waals surface area contributed by atoms with Crippen LogP contribution in [0.1, 0.15) is 24.0 Å². The van der Waals surface area contributed by atoms with Crippen molar-refractivity contribution < 1.29 is 18.7 Å². The van der Waals surface area contributed by atoms with E-state index >= 15 is 0 Å². The lowest BCUT2D eigenvalue weighted by atomic mass is 9.90. The predicted molar refractivity (Wildman–Crippen MR) is 145 cm³/mol. The van der Waals surface area contributed by atoms with Gasteiger partial charge in [0.2, 0.25) is 0 Å². The molecule has 1 saturated heterocycles. The van der Waals surface area contributed by atoms with E-state index in [1.54, 1.807) is 13.2 Å². The number of hydrogen-bond acceptors (Lipinski definition) is 4. The monoisotopic (exact) mass is 526 g/mol. The Kier molecular flexibility index (Phi) is 8.78. The first-order chi connectivity index (χ1) is 17.4. The fourth-order valence-electron chi connectivity index (χ4n) is 4.30. The second-order valence-electron chi connectivity index (χ2n) is 8.76. The van der Waals surface area contributed by atoms with Crippen molar-refractivity contribution in [2.24, 2.45) is 5.92 Å². The van der Waals surface area contributed by atoms with Crippen molar-refractivity contribution >= 4 is 40.4 Å². The molecule has 0 unspecified atom stereocenters. The van der Waals surface area contributed by atoms with Crippen molar-refractivity contribution in [3.8, 4) is 11.5 Å². The van der Waals surface area contributed by atoms with Gasteiger partial charge in [-0.3, -0.25) is 4.79 Å². The number of methoxy groups -OCH3 is 1. The van der Waals surface area contributed by atoms with Gasteiger partial charge in [0.15, 0.2) is 18.1 Å². The predicted octanol–water partition coefficient (Wildman–Crippen LogP) is 6.14. The summed E-state index contributed by atoms with van der Waals surface area (Å²) in [5.41, 5.74) is 2.64. The van der Waals surface area contributed by atoms with Crippen molar-refractivity contribution in [3.63, 3.8) is 0 Å². The quantitative estimate of drug-likeness (QED) is 0.357. The summed E-state index contributed by atoms with van der Waals surface area (Å²) in [5, 5.41) is 2.56. The van der Waals surface area contributed by atoms with Crippen LogP contribution in [0.5, 0.6) is 11.5 Å². The highest BCUT2D eigenvalue weighted by Gasteiger charge is 2.22. The van der Waals surface area contributed by atoms with E-state index in [4.69, 9.17) is 33.3 Å². The van der Waals surface area contributed by atoms with Crippen LogP contribution in [0.3, 0.4) is 0 Å².